The number of pyridine rings is 1. The number of rotatable bonds is 2. The molecule has 2 fully saturated rings. The molecule has 0 amide bonds. The molecule has 1 saturated carbocycles. The van der Waals surface area contributed by atoms with Gasteiger partial charge in [-0.05, 0) is 31.4 Å². The Bertz CT molecular complexity index is 462. The number of nitrogens with zero attached hydrogens (tertiary/aromatic N) is 2. The van der Waals surface area contributed by atoms with Crippen LogP contribution in [-0.4, -0.2) is 36.1 Å². The lowest BCUT2D eigenvalue weighted by Crippen LogP contribution is -2.48. The summed E-state index contributed by atoms with van der Waals surface area (Å²) >= 11 is 0. The molecule has 1 aromatic heterocycles. The second-order valence-corrected chi connectivity index (χ2v) is 4.91. The molecule has 18 heavy (non-hydrogen) atoms. The van der Waals surface area contributed by atoms with Crippen molar-refractivity contribution in [1.82, 2.24) is 4.98 Å². The fraction of sp³-hybridized carbons (Fsp3) is 0.538. The maximum atomic E-state index is 7.47. The minimum Gasteiger partial charge on any atom is -0.382 e. The van der Waals surface area contributed by atoms with Crippen molar-refractivity contribution in [3.8, 4) is 0 Å². The number of nitrogens with two attached hydrogens (primary N) is 1. The second-order valence-electron chi connectivity index (χ2n) is 4.91. The van der Waals surface area contributed by atoms with Crippen molar-refractivity contribution in [1.29, 1.82) is 5.41 Å². The number of hydrogen-bond donors (Lipinski definition) is 2. The average molecular weight is 246 g/mol. The van der Waals surface area contributed by atoms with Crippen LogP contribution in [-0.2, 0) is 4.74 Å². The van der Waals surface area contributed by atoms with Crippen molar-refractivity contribution in [3.05, 3.63) is 24.0 Å². The van der Waals surface area contributed by atoms with Gasteiger partial charge in [-0.2, -0.15) is 0 Å². The lowest BCUT2D eigenvalue weighted by molar-refractivity contribution is 0.0256. The Kier molecular flexibility index (Phi) is 2.91. The van der Waals surface area contributed by atoms with Crippen LogP contribution in [0.1, 0.15) is 25.0 Å². The van der Waals surface area contributed by atoms with Crippen LogP contribution in [0.2, 0.25) is 0 Å². The maximum absolute atomic E-state index is 7.47. The van der Waals surface area contributed by atoms with E-state index in [-0.39, 0.29) is 5.84 Å². The standard InChI is InChI=1S/C13H18N4O/c14-13(15)10-8-9(4-5-16-10)17-6-7-18-12-3-1-2-11(12)17/h4-5,8,11-12H,1-3,6-7H2,(H3,14,15). The summed E-state index contributed by atoms with van der Waals surface area (Å²) in [6.07, 6.45) is 5.67. The third-order valence-corrected chi connectivity index (χ3v) is 3.83. The number of anilines is 1. The van der Waals surface area contributed by atoms with Gasteiger partial charge >= 0.3 is 0 Å². The highest BCUT2D eigenvalue weighted by atomic mass is 16.5. The Morgan fingerprint density at radius 1 is 1.50 bits per heavy atom. The van der Waals surface area contributed by atoms with Crippen molar-refractivity contribution < 1.29 is 4.74 Å². The van der Waals surface area contributed by atoms with Crippen LogP contribution in [0.15, 0.2) is 18.3 Å². The molecule has 2 aliphatic rings. The molecule has 1 aromatic rings. The predicted molar refractivity (Wildman–Crippen MR) is 70.0 cm³/mol. The molecule has 0 radical (unpaired) electrons. The number of fused-ring (bicyclic) bond motifs is 1. The van der Waals surface area contributed by atoms with Gasteiger partial charge in [0.25, 0.3) is 0 Å². The number of amidine groups is 1. The van der Waals surface area contributed by atoms with E-state index < -0.39 is 0 Å². The SMILES string of the molecule is N=C(N)c1cc(N2CCOC3CCCC32)ccn1. The van der Waals surface area contributed by atoms with Gasteiger partial charge in [0.2, 0.25) is 0 Å². The van der Waals surface area contributed by atoms with Crippen LogP contribution >= 0.6 is 0 Å². The minimum absolute atomic E-state index is 0.0214. The number of morpholine rings is 1. The second kappa shape index (κ2) is 4.57. The van der Waals surface area contributed by atoms with E-state index in [4.69, 9.17) is 15.9 Å². The number of nitrogen functional groups attached to an aromatic ring is 1. The predicted octanol–water partition coefficient (Wildman–Crippen LogP) is 1.12. The molecule has 1 aliphatic heterocycles. The monoisotopic (exact) mass is 246 g/mol. The lowest BCUT2D eigenvalue weighted by atomic mass is 10.1. The molecule has 0 aromatic carbocycles. The van der Waals surface area contributed by atoms with Gasteiger partial charge in [0.15, 0.2) is 0 Å². The molecule has 0 bridgehead atoms. The summed E-state index contributed by atoms with van der Waals surface area (Å²) in [7, 11) is 0. The first-order chi connectivity index (χ1) is 8.75. The summed E-state index contributed by atoms with van der Waals surface area (Å²) in [6, 6.07) is 4.37. The number of aromatic nitrogens is 1. The minimum atomic E-state index is 0.0214. The van der Waals surface area contributed by atoms with E-state index in [1.54, 1.807) is 6.20 Å². The van der Waals surface area contributed by atoms with Crippen molar-refractivity contribution in [2.45, 2.75) is 31.4 Å². The fourth-order valence-corrected chi connectivity index (χ4v) is 2.99. The summed E-state index contributed by atoms with van der Waals surface area (Å²) in [5.74, 6) is 0.0214. The Morgan fingerprint density at radius 3 is 3.22 bits per heavy atom. The van der Waals surface area contributed by atoms with Gasteiger partial charge < -0.3 is 15.4 Å². The summed E-state index contributed by atoms with van der Waals surface area (Å²) < 4.78 is 5.81. The van der Waals surface area contributed by atoms with Crippen LogP contribution in [0, 0.1) is 5.41 Å². The van der Waals surface area contributed by atoms with Gasteiger partial charge in [-0.15, -0.1) is 0 Å². The van der Waals surface area contributed by atoms with E-state index in [2.05, 4.69) is 9.88 Å². The zero-order valence-corrected chi connectivity index (χ0v) is 10.3. The Balaban J connectivity index is 1.89. The van der Waals surface area contributed by atoms with Crippen LogP contribution < -0.4 is 10.6 Å². The van der Waals surface area contributed by atoms with Gasteiger partial charge in [0.1, 0.15) is 11.5 Å². The van der Waals surface area contributed by atoms with Gasteiger partial charge in [-0.1, -0.05) is 0 Å². The molecule has 5 heteroatoms. The first-order valence-corrected chi connectivity index (χ1v) is 6.44. The first-order valence-electron chi connectivity index (χ1n) is 6.44. The van der Waals surface area contributed by atoms with Gasteiger partial charge in [0, 0.05) is 18.4 Å². The molecule has 2 atom stereocenters. The van der Waals surface area contributed by atoms with Crippen molar-refractivity contribution in [3.63, 3.8) is 0 Å². The van der Waals surface area contributed by atoms with Gasteiger partial charge in [-0.25, -0.2) is 0 Å². The molecule has 96 valence electrons. The molecule has 1 saturated heterocycles. The van der Waals surface area contributed by atoms with Crippen molar-refractivity contribution in [2.75, 3.05) is 18.1 Å². The number of nitrogens with one attached hydrogen (secondary N) is 1. The van der Waals surface area contributed by atoms with Crippen molar-refractivity contribution in [2.24, 2.45) is 5.73 Å². The summed E-state index contributed by atoms with van der Waals surface area (Å²) in [5.41, 5.74) is 7.15. The Hall–Kier alpha value is -1.62. The lowest BCUT2D eigenvalue weighted by Gasteiger charge is -2.39. The largest absolute Gasteiger partial charge is 0.382 e. The van der Waals surface area contributed by atoms with E-state index in [9.17, 15) is 0 Å². The molecular weight excluding hydrogens is 228 g/mol. The zero-order chi connectivity index (χ0) is 12.5. The highest BCUT2D eigenvalue weighted by Gasteiger charge is 2.36. The van der Waals surface area contributed by atoms with Gasteiger partial charge in [-0.3, -0.25) is 10.4 Å². The summed E-state index contributed by atoms with van der Waals surface area (Å²) in [6.45, 7) is 1.68. The summed E-state index contributed by atoms with van der Waals surface area (Å²) in [4.78, 5) is 6.50. The number of ether oxygens (including phenoxy) is 1. The van der Waals surface area contributed by atoms with Crippen LogP contribution in [0.5, 0.6) is 0 Å². The smallest absolute Gasteiger partial charge is 0.141 e. The number of hydrogen-bond acceptors (Lipinski definition) is 4. The van der Waals surface area contributed by atoms with Crippen LogP contribution in [0.4, 0.5) is 5.69 Å². The summed E-state index contributed by atoms with van der Waals surface area (Å²) in [5, 5.41) is 7.47. The molecule has 3 rings (SSSR count). The fourth-order valence-electron chi connectivity index (χ4n) is 2.99. The quantitative estimate of drug-likeness (QED) is 0.606. The molecule has 2 heterocycles. The van der Waals surface area contributed by atoms with Crippen LogP contribution in [0.25, 0.3) is 0 Å². The van der Waals surface area contributed by atoms with E-state index in [1.165, 1.54) is 12.8 Å². The molecule has 5 nitrogen and oxygen atoms in total. The molecule has 0 spiro atoms. The highest BCUT2D eigenvalue weighted by molar-refractivity contribution is 5.93. The Morgan fingerprint density at radius 2 is 2.39 bits per heavy atom. The van der Waals surface area contributed by atoms with Crippen LogP contribution in [0.3, 0.4) is 0 Å². The highest BCUT2D eigenvalue weighted by Crippen LogP contribution is 2.32. The third-order valence-electron chi connectivity index (χ3n) is 3.83. The van der Waals surface area contributed by atoms with E-state index in [0.717, 1.165) is 25.3 Å². The topological polar surface area (TPSA) is 75.2 Å². The third kappa shape index (κ3) is 1.95. The zero-order valence-electron chi connectivity index (χ0n) is 10.3. The van der Waals surface area contributed by atoms with E-state index in [1.807, 2.05) is 12.1 Å². The van der Waals surface area contributed by atoms with Crippen molar-refractivity contribution >= 4 is 11.5 Å². The van der Waals surface area contributed by atoms with E-state index in [0.29, 0.717) is 17.8 Å². The van der Waals surface area contributed by atoms with Gasteiger partial charge in [0.05, 0.1) is 18.8 Å². The molecule has 2 unspecified atom stereocenters. The average Bonchev–Trinajstić information content (AvgIpc) is 2.87. The normalized spacial score (nSPS) is 27.0. The molecule has 3 N–H and O–H groups in total. The Labute approximate surface area is 106 Å². The maximum Gasteiger partial charge on any atom is 0.141 e. The molecular formula is C13H18N4O. The first kappa shape index (κ1) is 11.5. The molecule has 1 aliphatic carbocycles. The van der Waals surface area contributed by atoms with E-state index >= 15 is 0 Å².